The van der Waals surface area contributed by atoms with Crippen molar-refractivity contribution in [3.63, 3.8) is 0 Å². The fourth-order valence-corrected chi connectivity index (χ4v) is 2.51. The Balaban J connectivity index is 2.14. The summed E-state index contributed by atoms with van der Waals surface area (Å²) in [6.07, 6.45) is 3.63. The Kier molecular flexibility index (Phi) is 3.43. The average Bonchev–Trinajstić information content (AvgIpc) is 2.54. The minimum atomic E-state index is -0.268. The molecule has 5 heteroatoms. The second kappa shape index (κ2) is 4.82. The minimum absolute atomic E-state index is 0.268. The summed E-state index contributed by atoms with van der Waals surface area (Å²) in [6.45, 7) is 4.05. The lowest BCUT2D eigenvalue weighted by atomic mass is 9.93. The molecule has 1 aliphatic carbocycles. The van der Waals surface area contributed by atoms with Crippen LogP contribution in [0.1, 0.15) is 42.2 Å². The Morgan fingerprint density at radius 1 is 1.62 bits per heavy atom. The van der Waals surface area contributed by atoms with E-state index in [2.05, 4.69) is 9.69 Å². The van der Waals surface area contributed by atoms with Gasteiger partial charge in [-0.15, -0.1) is 0 Å². The summed E-state index contributed by atoms with van der Waals surface area (Å²) in [4.78, 5) is 11.7. The van der Waals surface area contributed by atoms with Crippen LogP contribution < -0.4 is 5.32 Å². The normalized spacial score (nSPS) is 15.6. The van der Waals surface area contributed by atoms with Gasteiger partial charge in [0.1, 0.15) is 10.6 Å². The molecule has 1 aliphatic rings. The first kappa shape index (κ1) is 11.4. The van der Waals surface area contributed by atoms with Crippen LogP contribution in [0, 0.1) is 6.92 Å². The van der Waals surface area contributed by atoms with Crippen molar-refractivity contribution in [2.75, 3.05) is 11.9 Å². The van der Waals surface area contributed by atoms with Crippen LogP contribution in [0.5, 0.6) is 0 Å². The molecule has 0 spiro atoms. The Morgan fingerprint density at radius 2 is 2.38 bits per heavy atom. The van der Waals surface area contributed by atoms with Crippen molar-refractivity contribution >= 4 is 22.5 Å². The molecule has 2 rings (SSSR count). The predicted octanol–water partition coefficient (Wildman–Crippen LogP) is 2.59. The molecule has 1 saturated carbocycles. The lowest BCUT2D eigenvalue weighted by molar-refractivity contribution is 0.0527. The molecule has 4 nitrogen and oxygen atoms in total. The van der Waals surface area contributed by atoms with Gasteiger partial charge in [-0.25, -0.2) is 4.79 Å². The van der Waals surface area contributed by atoms with Gasteiger partial charge in [-0.3, -0.25) is 0 Å². The molecule has 1 fully saturated rings. The zero-order valence-corrected chi connectivity index (χ0v) is 10.4. The summed E-state index contributed by atoms with van der Waals surface area (Å²) in [7, 11) is 0. The van der Waals surface area contributed by atoms with Crippen LogP contribution in [0.3, 0.4) is 0 Å². The molecule has 1 N–H and O–H groups in total. The van der Waals surface area contributed by atoms with Gasteiger partial charge >= 0.3 is 5.97 Å². The molecule has 0 radical (unpaired) electrons. The van der Waals surface area contributed by atoms with Crippen molar-refractivity contribution in [1.29, 1.82) is 0 Å². The highest BCUT2D eigenvalue weighted by Gasteiger charge is 2.24. The van der Waals surface area contributed by atoms with Crippen molar-refractivity contribution < 1.29 is 9.53 Å². The van der Waals surface area contributed by atoms with E-state index in [4.69, 9.17) is 4.74 Å². The molecule has 16 heavy (non-hydrogen) atoms. The highest BCUT2D eigenvalue weighted by Crippen LogP contribution is 2.30. The van der Waals surface area contributed by atoms with Gasteiger partial charge in [0.25, 0.3) is 0 Å². The van der Waals surface area contributed by atoms with E-state index >= 15 is 0 Å². The topological polar surface area (TPSA) is 51.2 Å². The molecule has 0 aliphatic heterocycles. The van der Waals surface area contributed by atoms with E-state index in [0.717, 1.165) is 10.7 Å². The SMILES string of the molecule is CCOC(=O)c1c(C)nsc1NC1CCC1. The number of aromatic nitrogens is 1. The third kappa shape index (κ3) is 2.19. The molecular weight excluding hydrogens is 224 g/mol. The summed E-state index contributed by atoms with van der Waals surface area (Å²) in [6, 6.07) is 0.507. The Labute approximate surface area is 99.2 Å². The van der Waals surface area contributed by atoms with Gasteiger partial charge in [0.2, 0.25) is 0 Å². The number of esters is 1. The maximum absolute atomic E-state index is 11.7. The molecule has 1 aromatic heterocycles. The van der Waals surface area contributed by atoms with Crippen LogP contribution in [-0.4, -0.2) is 23.0 Å². The van der Waals surface area contributed by atoms with Crippen molar-refractivity contribution in [2.45, 2.75) is 39.2 Å². The molecule has 0 amide bonds. The van der Waals surface area contributed by atoms with E-state index in [-0.39, 0.29) is 5.97 Å². The maximum Gasteiger partial charge on any atom is 0.343 e. The quantitative estimate of drug-likeness (QED) is 0.822. The van der Waals surface area contributed by atoms with E-state index in [9.17, 15) is 4.79 Å². The van der Waals surface area contributed by atoms with Crippen LogP contribution >= 0.6 is 11.5 Å². The Hall–Kier alpha value is -1.10. The summed E-state index contributed by atoms with van der Waals surface area (Å²) in [5.41, 5.74) is 1.36. The van der Waals surface area contributed by atoms with Gasteiger partial charge in [-0.05, 0) is 44.6 Å². The highest BCUT2D eigenvalue weighted by atomic mass is 32.1. The second-order valence-corrected chi connectivity index (χ2v) is 4.74. The molecule has 0 aromatic carbocycles. The van der Waals surface area contributed by atoms with Crippen molar-refractivity contribution in [3.8, 4) is 0 Å². The maximum atomic E-state index is 11.7. The lowest BCUT2D eigenvalue weighted by Gasteiger charge is -2.26. The van der Waals surface area contributed by atoms with Crippen LogP contribution in [0.15, 0.2) is 0 Å². The number of carbonyl (C=O) groups excluding carboxylic acids is 1. The number of nitrogens with one attached hydrogen (secondary N) is 1. The molecule has 0 bridgehead atoms. The summed E-state index contributed by atoms with van der Waals surface area (Å²) >= 11 is 1.35. The number of nitrogens with zero attached hydrogens (tertiary/aromatic N) is 1. The predicted molar refractivity (Wildman–Crippen MR) is 64.1 cm³/mol. The third-order valence-electron chi connectivity index (χ3n) is 2.78. The molecule has 88 valence electrons. The van der Waals surface area contributed by atoms with E-state index in [1.54, 1.807) is 0 Å². The van der Waals surface area contributed by atoms with Crippen LogP contribution in [0.4, 0.5) is 5.00 Å². The fourth-order valence-electron chi connectivity index (χ4n) is 1.65. The average molecular weight is 240 g/mol. The summed E-state index contributed by atoms with van der Waals surface area (Å²) < 4.78 is 9.24. The van der Waals surface area contributed by atoms with E-state index in [0.29, 0.717) is 18.2 Å². The largest absolute Gasteiger partial charge is 0.462 e. The number of hydrogen-bond acceptors (Lipinski definition) is 5. The van der Waals surface area contributed by atoms with Gasteiger partial charge in [0.15, 0.2) is 0 Å². The monoisotopic (exact) mass is 240 g/mol. The smallest absolute Gasteiger partial charge is 0.343 e. The van der Waals surface area contributed by atoms with Gasteiger partial charge < -0.3 is 10.1 Å². The van der Waals surface area contributed by atoms with Crippen molar-refractivity contribution in [3.05, 3.63) is 11.3 Å². The van der Waals surface area contributed by atoms with Crippen LogP contribution in [0.2, 0.25) is 0 Å². The zero-order valence-electron chi connectivity index (χ0n) is 9.58. The number of anilines is 1. The zero-order chi connectivity index (χ0) is 11.5. The van der Waals surface area contributed by atoms with Crippen LogP contribution in [0.25, 0.3) is 0 Å². The minimum Gasteiger partial charge on any atom is -0.462 e. The summed E-state index contributed by atoms with van der Waals surface area (Å²) in [5.74, 6) is -0.268. The highest BCUT2D eigenvalue weighted by molar-refractivity contribution is 7.10. The molecule has 1 aromatic rings. The number of ether oxygens (including phenoxy) is 1. The Bertz CT molecular complexity index is 385. The fraction of sp³-hybridized carbons (Fsp3) is 0.636. The van der Waals surface area contributed by atoms with Gasteiger partial charge in [-0.1, -0.05) is 0 Å². The lowest BCUT2D eigenvalue weighted by Crippen LogP contribution is -2.27. The first-order chi connectivity index (χ1) is 7.72. The van der Waals surface area contributed by atoms with E-state index in [1.807, 2.05) is 13.8 Å². The van der Waals surface area contributed by atoms with E-state index < -0.39 is 0 Å². The van der Waals surface area contributed by atoms with E-state index in [1.165, 1.54) is 30.8 Å². The second-order valence-electron chi connectivity index (χ2n) is 3.96. The van der Waals surface area contributed by atoms with Crippen molar-refractivity contribution in [1.82, 2.24) is 4.37 Å². The molecule has 0 unspecified atom stereocenters. The number of rotatable bonds is 4. The molecule has 0 saturated heterocycles. The summed E-state index contributed by atoms with van der Waals surface area (Å²) in [5, 5.41) is 4.22. The molecule has 0 atom stereocenters. The first-order valence-corrected chi connectivity index (χ1v) is 6.39. The third-order valence-corrected chi connectivity index (χ3v) is 3.65. The molecular formula is C11H16N2O2S. The van der Waals surface area contributed by atoms with Gasteiger partial charge in [0.05, 0.1) is 12.3 Å². The van der Waals surface area contributed by atoms with Gasteiger partial charge in [-0.2, -0.15) is 4.37 Å². The molecule has 1 heterocycles. The number of hydrogen-bond donors (Lipinski definition) is 1. The number of aryl methyl sites for hydroxylation is 1. The van der Waals surface area contributed by atoms with Crippen LogP contribution in [-0.2, 0) is 4.74 Å². The number of carbonyl (C=O) groups is 1. The van der Waals surface area contributed by atoms with Gasteiger partial charge in [0, 0.05) is 6.04 Å². The first-order valence-electron chi connectivity index (χ1n) is 5.62. The Morgan fingerprint density at radius 3 is 2.94 bits per heavy atom. The standard InChI is InChI=1S/C11H16N2O2S/c1-3-15-11(14)9-7(2)13-16-10(9)12-8-5-4-6-8/h8,12H,3-6H2,1-2H3. The van der Waals surface area contributed by atoms with Crippen molar-refractivity contribution in [2.24, 2.45) is 0 Å².